The number of hydroxylamine groups is 2. The fraction of sp³-hybridized carbons (Fsp3) is 0.318. The van der Waals surface area contributed by atoms with Gasteiger partial charge in [0, 0.05) is 12.0 Å². The Morgan fingerprint density at radius 2 is 1.78 bits per heavy atom. The third-order valence-electron chi connectivity index (χ3n) is 5.13. The molecule has 2 N–H and O–H groups in total. The van der Waals surface area contributed by atoms with Crippen LogP contribution in [0.15, 0.2) is 30.3 Å². The maximum absolute atomic E-state index is 12.7. The Morgan fingerprint density at radius 3 is 2.31 bits per heavy atom. The van der Waals surface area contributed by atoms with Crippen LogP contribution in [0.5, 0.6) is 0 Å². The number of rotatable bonds is 5. The number of thiophene rings is 1. The molecule has 3 rings (SSSR count). The van der Waals surface area contributed by atoms with Crippen LogP contribution in [-0.2, 0) is 14.4 Å². The highest BCUT2D eigenvalue weighted by molar-refractivity contribution is 7.18. The monoisotopic (exact) mass is 458 g/mol. The van der Waals surface area contributed by atoms with Gasteiger partial charge in [-0.1, -0.05) is 39.0 Å². The molecule has 1 aromatic heterocycles. The predicted octanol–water partition coefficient (Wildman–Crippen LogP) is 3.50. The van der Waals surface area contributed by atoms with Crippen LogP contribution < -0.4 is 5.32 Å². The number of amides is 3. The van der Waals surface area contributed by atoms with Crippen LogP contribution in [0, 0.1) is 18.3 Å². The number of aromatic carboxylic acids is 1. The Kier molecular flexibility index (Phi) is 6.18. The normalized spacial score (nSPS) is 16.2. The summed E-state index contributed by atoms with van der Waals surface area (Å²) in [5, 5.41) is 12.5. The van der Waals surface area contributed by atoms with Crippen molar-refractivity contribution in [3.63, 3.8) is 0 Å². The molecule has 3 amide bonds. The molecule has 1 fully saturated rings. The lowest BCUT2D eigenvalue weighted by molar-refractivity contribution is -0.174. The number of carboxylic acids is 1. The minimum atomic E-state index is -1.35. The summed E-state index contributed by atoms with van der Waals surface area (Å²) in [7, 11) is 0. The van der Waals surface area contributed by atoms with Crippen LogP contribution in [-0.4, -0.2) is 39.8 Å². The molecule has 1 aliphatic heterocycles. The summed E-state index contributed by atoms with van der Waals surface area (Å²) in [5.41, 5.74) is -0.404. The van der Waals surface area contributed by atoms with Crippen molar-refractivity contribution >= 4 is 46.0 Å². The van der Waals surface area contributed by atoms with Crippen LogP contribution >= 0.6 is 11.3 Å². The molecule has 1 aliphatic rings. The van der Waals surface area contributed by atoms with Gasteiger partial charge in [0.05, 0.1) is 11.5 Å². The molecule has 1 unspecified atom stereocenters. The minimum Gasteiger partial charge on any atom is -0.478 e. The Hall–Kier alpha value is -3.53. The second-order valence-corrected chi connectivity index (χ2v) is 9.43. The van der Waals surface area contributed by atoms with Crippen molar-refractivity contribution in [3.8, 4) is 0 Å². The van der Waals surface area contributed by atoms with E-state index in [1.807, 2.05) is 0 Å². The van der Waals surface area contributed by atoms with Crippen LogP contribution in [0.3, 0.4) is 0 Å². The number of carbonyl (C=O) groups excluding carboxylic acids is 4. The number of nitrogens with zero attached hydrogens (tertiary/aromatic N) is 1. The fourth-order valence-electron chi connectivity index (χ4n) is 3.32. The second kappa shape index (κ2) is 8.54. The highest BCUT2D eigenvalue weighted by Gasteiger charge is 2.47. The van der Waals surface area contributed by atoms with Gasteiger partial charge >= 0.3 is 11.9 Å². The lowest BCUT2D eigenvalue weighted by atomic mass is 9.80. The molecule has 0 bridgehead atoms. The third kappa shape index (κ3) is 4.40. The molecule has 0 aliphatic carbocycles. The van der Waals surface area contributed by atoms with Crippen molar-refractivity contribution in [2.24, 2.45) is 11.3 Å². The predicted molar refractivity (Wildman–Crippen MR) is 115 cm³/mol. The van der Waals surface area contributed by atoms with E-state index in [1.54, 1.807) is 51.1 Å². The van der Waals surface area contributed by atoms with E-state index < -0.39 is 41.0 Å². The van der Waals surface area contributed by atoms with Crippen LogP contribution in [0.4, 0.5) is 5.00 Å². The number of benzene rings is 1. The second-order valence-electron chi connectivity index (χ2n) is 8.41. The van der Waals surface area contributed by atoms with Gasteiger partial charge in [-0.3, -0.25) is 14.4 Å². The lowest BCUT2D eigenvalue weighted by Gasteiger charge is -2.24. The summed E-state index contributed by atoms with van der Waals surface area (Å²) in [5.74, 6) is -4.85. The number of nitrogens with one attached hydrogen (secondary N) is 1. The van der Waals surface area contributed by atoms with Crippen LogP contribution in [0.1, 0.15) is 63.1 Å². The minimum absolute atomic E-state index is 0.0533. The first kappa shape index (κ1) is 23.1. The van der Waals surface area contributed by atoms with E-state index >= 15 is 0 Å². The van der Waals surface area contributed by atoms with Crippen LogP contribution in [0.25, 0.3) is 0 Å². The SMILES string of the molecule is Cc1c(C(=O)ON2C(=O)CC(C(C)(C)C)C2=O)sc(NC(=O)c2ccccc2)c1C(=O)O. The molecular weight excluding hydrogens is 436 g/mol. The van der Waals surface area contributed by atoms with E-state index in [1.165, 1.54) is 6.92 Å². The van der Waals surface area contributed by atoms with Crippen molar-refractivity contribution in [3.05, 3.63) is 51.9 Å². The molecule has 0 radical (unpaired) electrons. The molecule has 1 aromatic carbocycles. The number of imide groups is 1. The number of carbonyl (C=O) groups is 5. The summed E-state index contributed by atoms with van der Waals surface area (Å²) in [6.45, 7) is 6.80. The van der Waals surface area contributed by atoms with Gasteiger partial charge in [-0.2, -0.15) is 0 Å². The topological polar surface area (TPSA) is 130 Å². The summed E-state index contributed by atoms with van der Waals surface area (Å²) in [6.07, 6.45) is -0.0855. The molecule has 1 atom stereocenters. The zero-order chi connectivity index (χ0) is 23.8. The largest absolute Gasteiger partial charge is 0.478 e. The van der Waals surface area contributed by atoms with Crippen LogP contribution in [0.2, 0.25) is 0 Å². The summed E-state index contributed by atoms with van der Waals surface area (Å²) >= 11 is 0.701. The Bertz CT molecular complexity index is 1120. The van der Waals surface area contributed by atoms with E-state index in [-0.39, 0.29) is 27.4 Å². The maximum Gasteiger partial charge on any atom is 0.374 e. The molecule has 0 saturated carbocycles. The fourth-order valence-corrected chi connectivity index (χ4v) is 4.39. The molecule has 9 nitrogen and oxygen atoms in total. The number of hydrogen-bond acceptors (Lipinski definition) is 7. The van der Waals surface area contributed by atoms with Crippen molar-refractivity contribution in [1.29, 1.82) is 0 Å². The highest BCUT2D eigenvalue weighted by Crippen LogP contribution is 2.37. The molecule has 1 saturated heterocycles. The summed E-state index contributed by atoms with van der Waals surface area (Å²) in [4.78, 5) is 66.8. The van der Waals surface area contributed by atoms with E-state index in [2.05, 4.69) is 5.32 Å². The van der Waals surface area contributed by atoms with Gasteiger partial charge in [-0.25, -0.2) is 9.59 Å². The molecule has 0 spiro atoms. The molecular formula is C22H22N2O7S. The van der Waals surface area contributed by atoms with E-state index in [4.69, 9.17) is 4.84 Å². The van der Waals surface area contributed by atoms with E-state index in [0.29, 0.717) is 22.0 Å². The highest BCUT2D eigenvalue weighted by atomic mass is 32.1. The van der Waals surface area contributed by atoms with Crippen molar-refractivity contribution in [1.82, 2.24) is 5.06 Å². The summed E-state index contributed by atoms with van der Waals surface area (Å²) in [6, 6.07) is 8.16. The first-order valence-electron chi connectivity index (χ1n) is 9.74. The van der Waals surface area contributed by atoms with Gasteiger partial charge in [0.15, 0.2) is 0 Å². The molecule has 10 heteroatoms. The quantitative estimate of drug-likeness (QED) is 0.656. The summed E-state index contributed by atoms with van der Waals surface area (Å²) < 4.78 is 0. The van der Waals surface area contributed by atoms with Crippen molar-refractivity contribution in [2.75, 3.05) is 5.32 Å². The maximum atomic E-state index is 12.7. The standard InChI is InChI=1S/C22H22N2O7S/c1-11-15(20(28)29)18(23-17(26)12-8-6-5-7-9-12)32-16(11)21(30)31-24-14(25)10-13(19(24)27)22(2,3)4/h5-9,13H,10H2,1-4H3,(H,23,26)(H,28,29). The number of carboxylic acid groups (broad SMARTS) is 1. The molecule has 2 heterocycles. The van der Waals surface area contributed by atoms with Gasteiger partial charge < -0.3 is 15.3 Å². The molecule has 32 heavy (non-hydrogen) atoms. The zero-order valence-corrected chi connectivity index (χ0v) is 18.7. The molecule has 2 aromatic rings. The lowest BCUT2D eigenvalue weighted by Crippen LogP contribution is -2.35. The van der Waals surface area contributed by atoms with Gasteiger partial charge in [0.2, 0.25) is 0 Å². The van der Waals surface area contributed by atoms with Gasteiger partial charge in [0.25, 0.3) is 17.7 Å². The van der Waals surface area contributed by atoms with E-state index in [9.17, 15) is 29.1 Å². The third-order valence-corrected chi connectivity index (χ3v) is 6.32. The number of anilines is 1. The average Bonchev–Trinajstić information content (AvgIpc) is 3.19. The first-order chi connectivity index (χ1) is 14.9. The smallest absolute Gasteiger partial charge is 0.374 e. The molecule has 168 valence electrons. The van der Waals surface area contributed by atoms with E-state index in [0.717, 1.165) is 0 Å². The van der Waals surface area contributed by atoms with Crippen molar-refractivity contribution < 1.29 is 33.9 Å². The van der Waals surface area contributed by atoms with Gasteiger partial charge in [0.1, 0.15) is 9.88 Å². The number of hydrogen-bond donors (Lipinski definition) is 2. The van der Waals surface area contributed by atoms with Crippen molar-refractivity contribution in [2.45, 2.75) is 34.1 Å². The first-order valence-corrected chi connectivity index (χ1v) is 10.6. The Balaban J connectivity index is 1.87. The van der Waals surface area contributed by atoms with Gasteiger partial charge in [-0.15, -0.1) is 16.4 Å². The average molecular weight is 458 g/mol. The Labute approximate surface area is 187 Å². The van der Waals surface area contributed by atoms with Gasteiger partial charge in [-0.05, 0) is 30.0 Å². The zero-order valence-electron chi connectivity index (χ0n) is 17.9. The Morgan fingerprint density at radius 1 is 1.16 bits per heavy atom.